The van der Waals surface area contributed by atoms with Gasteiger partial charge in [-0.15, -0.1) is 6.58 Å². The molecular weight excluding hydrogens is 226 g/mol. The van der Waals surface area contributed by atoms with Crippen molar-refractivity contribution in [2.24, 2.45) is 4.99 Å². The molecule has 0 aliphatic carbocycles. The number of nitrogens with zero attached hydrogens (tertiary/aromatic N) is 1. The van der Waals surface area contributed by atoms with Gasteiger partial charge in [-0.25, -0.2) is 0 Å². The Kier molecular flexibility index (Phi) is 6.40. The van der Waals surface area contributed by atoms with Gasteiger partial charge in [0.25, 0.3) is 0 Å². The Morgan fingerprint density at radius 3 is 2.83 bits per heavy atom. The minimum absolute atomic E-state index is 0.703. The number of aliphatic imine (C=N–C) groups is 1. The molecule has 0 saturated carbocycles. The first-order chi connectivity index (χ1) is 8.81. The number of guanidine groups is 1. The van der Waals surface area contributed by atoms with Crippen LogP contribution >= 0.6 is 0 Å². The van der Waals surface area contributed by atoms with Gasteiger partial charge in [-0.3, -0.25) is 4.99 Å². The number of rotatable bonds is 6. The van der Waals surface area contributed by atoms with E-state index in [2.05, 4.69) is 28.3 Å². The van der Waals surface area contributed by atoms with Gasteiger partial charge in [0.2, 0.25) is 0 Å². The van der Waals surface area contributed by atoms with Crippen molar-refractivity contribution in [2.45, 2.75) is 6.42 Å². The van der Waals surface area contributed by atoms with Crippen LogP contribution in [0.1, 0.15) is 5.56 Å². The fourth-order valence-corrected chi connectivity index (χ4v) is 1.61. The van der Waals surface area contributed by atoms with Gasteiger partial charge >= 0.3 is 0 Å². The highest BCUT2D eigenvalue weighted by molar-refractivity contribution is 5.79. The molecule has 0 saturated heterocycles. The number of hydrogen-bond acceptors (Lipinski definition) is 2. The van der Waals surface area contributed by atoms with Crippen molar-refractivity contribution in [1.29, 1.82) is 0 Å². The fourth-order valence-electron chi connectivity index (χ4n) is 1.61. The van der Waals surface area contributed by atoms with Gasteiger partial charge in [0, 0.05) is 20.1 Å². The van der Waals surface area contributed by atoms with Crippen molar-refractivity contribution in [1.82, 2.24) is 10.6 Å². The molecule has 4 nitrogen and oxygen atoms in total. The molecule has 2 N–H and O–H groups in total. The van der Waals surface area contributed by atoms with E-state index in [-0.39, 0.29) is 0 Å². The summed E-state index contributed by atoms with van der Waals surface area (Å²) < 4.78 is 5.31. The molecule has 98 valence electrons. The molecule has 4 heteroatoms. The van der Waals surface area contributed by atoms with Gasteiger partial charge in [0.1, 0.15) is 5.75 Å². The first kappa shape index (κ1) is 14.1. The fraction of sp³-hybridized carbons (Fsp3) is 0.357. The first-order valence-electron chi connectivity index (χ1n) is 5.99. The highest BCUT2D eigenvalue weighted by Crippen LogP contribution is 2.17. The number of hydrogen-bond donors (Lipinski definition) is 2. The van der Waals surface area contributed by atoms with Crippen molar-refractivity contribution >= 4 is 5.96 Å². The molecule has 0 aliphatic rings. The average Bonchev–Trinajstić information content (AvgIpc) is 2.43. The summed E-state index contributed by atoms with van der Waals surface area (Å²) in [6.45, 7) is 5.16. The van der Waals surface area contributed by atoms with Gasteiger partial charge in [-0.2, -0.15) is 0 Å². The van der Waals surface area contributed by atoms with Gasteiger partial charge in [-0.1, -0.05) is 24.3 Å². The van der Waals surface area contributed by atoms with E-state index in [1.807, 2.05) is 18.2 Å². The van der Waals surface area contributed by atoms with E-state index >= 15 is 0 Å². The summed E-state index contributed by atoms with van der Waals surface area (Å²) in [6.07, 6.45) is 2.69. The Labute approximate surface area is 109 Å². The van der Waals surface area contributed by atoms with Crippen LogP contribution in [-0.4, -0.2) is 33.2 Å². The van der Waals surface area contributed by atoms with E-state index in [4.69, 9.17) is 4.74 Å². The van der Waals surface area contributed by atoms with Crippen LogP contribution in [0.4, 0.5) is 0 Å². The quantitative estimate of drug-likeness (QED) is 0.456. The predicted octanol–water partition coefficient (Wildman–Crippen LogP) is 1.59. The summed E-state index contributed by atoms with van der Waals surface area (Å²) in [5, 5.41) is 6.36. The molecule has 1 aromatic carbocycles. The van der Waals surface area contributed by atoms with Gasteiger partial charge in [-0.05, 0) is 18.1 Å². The van der Waals surface area contributed by atoms with E-state index in [9.17, 15) is 0 Å². The lowest BCUT2D eigenvalue weighted by Gasteiger charge is -2.11. The monoisotopic (exact) mass is 247 g/mol. The zero-order chi connectivity index (χ0) is 13.2. The number of ether oxygens (including phenoxy) is 1. The van der Waals surface area contributed by atoms with Crippen LogP contribution in [0.5, 0.6) is 5.75 Å². The van der Waals surface area contributed by atoms with Crippen LogP contribution in [0.3, 0.4) is 0 Å². The molecule has 1 rings (SSSR count). The molecule has 1 aromatic rings. The zero-order valence-electron chi connectivity index (χ0n) is 11.1. The number of methoxy groups -OCH3 is 1. The smallest absolute Gasteiger partial charge is 0.191 e. The van der Waals surface area contributed by atoms with Crippen molar-refractivity contribution in [3.05, 3.63) is 42.5 Å². The zero-order valence-corrected chi connectivity index (χ0v) is 11.1. The number of benzene rings is 1. The summed E-state index contributed by atoms with van der Waals surface area (Å²) in [7, 11) is 3.44. The van der Waals surface area contributed by atoms with Crippen LogP contribution in [0, 0.1) is 0 Å². The summed E-state index contributed by atoms with van der Waals surface area (Å²) in [5.74, 6) is 1.71. The van der Waals surface area contributed by atoms with E-state index in [0.717, 1.165) is 24.7 Å². The predicted molar refractivity (Wildman–Crippen MR) is 76.3 cm³/mol. The van der Waals surface area contributed by atoms with Crippen LogP contribution in [0.2, 0.25) is 0 Å². The van der Waals surface area contributed by atoms with E-state index in [0.29, 0.717) is 6.54 Å². The standard InChI is InChI=1S/C14H21N3O/c1-4-10-16-14(15-2)17-11-9-12-7-5-6-8-13(12)18-3/h4-8H,1,9-11H2,2-3H3,(H2,15,16,17). The maximum Gasteiger partial charge on any atom is 0.191 e. The molecule has 0 spiro atoms. The lowest BCUT2D eigenvalue weighted by molar-refractivity contribution is 0.409. The Hall–Kier alpha value is -1.97. The number of para-hydroxylation sites is 1. The Morgan fingerprint density at radius 1 is 1.39 bits per heavy atom. The Morgan fingerprint density at radius 2 is 2.17 bits per heavy atom. The average molecular weight is 247 g/mol. The summed E-state index contributed by atoms with van der Waals surface area (Å²) in [4.78, 5) is 4.11. The highest BCUT2D eigenvalue weighted by Gasteiger charge is 2.01. The molecule has 0 bridgehead atoms. The molecular formula is C14H21N3O. The van der Waals surface area contributed by atoms with Crippen LogP contribution < -0.4 is 15.4 Å². The van der Waals surface area contributed by atoms with Gasteiger partial charge in [0.15, 0.2) is 5.96 Å². The minimum atomic E-state index is 0.703. The van der Waals surface area contributed by atoms with Crippen LogP contribution in [-0.2, 0) is 6.42 Å². The van der Waals surface area contributed by atoms with Crippen molar-refractivity contribution in [3.8, 4) is 5.75 Å². The Bertz CT molecular complexity index is 402. The van der Waals surface area contributed by atoms with E-state index in [1.54, 1.807) is 20.2 Å². The summed E-state index contributed by atoms with van der Waals surface area (Å²) >= 11 is 0. The van der Waals surface area contributed by atoms with Crippen LogP contribution in [0.15, 0.2) is 41.9 Å². The molecule has 0 radical (unpaired) electrons. The maximum absolute atomic E-state index is 5.31. The lowest BCUT2D eigenvalue weighted by Crippen LogP contribution is -2.38. The molecule has 18 heavy (non-hydrogen) atoms. The molecule has 0 aromatic heterocycles. The Balaban J connectivity index is 2.43. The van der Waals surface area contributed by atoms with Crippen molar-refractivity contribution in [2.75, 3.05) is 27.2 Å². The summed E-state index contributed by atoms with van der Waals surface area (Å²) in [6, 6.07) is 8.03. The summed E-state index contributed by atoms with van der Waals surface area (Å²) in [5.41, 5.74) is 1.19. The molecule has 0 aliphatic heterocycles. The van der Waals surface area contributed by atoms with Crippen molar-refractivity contribution < 1.29 is 4.74 Å². The maximum atomic E-state index is 5.31. The van der Waals surface area contributed by atoms with Crippen LogP contribution in [0.25, 0.3) is 0 Å². The van der Waals surface area contributed by atoms with Gasteiger partial charge < -0.3 is 15.4 Å². The molecule has 0 heterocycles. The van der Waals surface area contributed by atoms with Gasteiger partial charge in [0.05, 0.1) is 7.11 Å². The second kappa shape index (κ2) is 8.17. The second-order valence-corrected chi connectivity index (χ2v) is 3.73. The lowest BCUT2D eigenvalue weighted by atomic mass is 10.1. The molecule has 0 fully saturated rings. The van der Waals surface area contributed by atoms with E-state index < -0.39 is 0 Å². The SMILES string of the molecule is C=CCNC(=NC)NCCc1ccccc1OC. The second-order valence-electron chi connectivity index (χ2n) is 3.73. The molecule has 0 unspecified atom stereocenters. The van der Waals surface area contributed by atoms with Crippen molar-refractivity contribution in [3.63, 3.8) is 0 Å². The number of nitrogens with one attached hydrogen (secondary N) is 2. The first-order valence-corrected chi connectivity index (χ1v) is 5.99. The third-order valence-electron chi connectivity index (χ3n) is 2.52. The molecule has 0 atom stereocenters. The topological polar surface area (TPSA) is 45.7 Å². The largest absolute Gasteiger partial charge is 0.496 e. The molecule has 0 amide bonds. The third kappa shape index (κ3) is 4.49. The normalized spacial score (nSPS) is 10.9. The van der Waals surface area contributed by atoms with E-state index in [1.165, 1.54) is 5.56 Å². The minimum Gasteiger partial charge on any atom is -0.496 e. The third-order valence-corrected chi connectivity index (χ3v) is 2.52. The highest BCUT2D eigenvalue weighted by atomic mass is 16.5.